The van der Waals surface area contributed by atoms with E-state index in [4.69, 9.17) is 0 Å². The van der Waals surface area contributed by atoms with Crippen molar-refractivity contribution in [1.29, 1.82) is 0 Å². The van der Waals surface area contributed by atoms with Gasteiger partial charge in [0, 0.05) is 39.0 Å². The molecule has 2 aliphatic carbocycles. The van der Waals surface area contributed by atoms with Crippen LogP contribution in [0.2, 0.25) is 0 Å². The van der Waals surface area contributed by atoms with E-state index < -0.39 is 0 Å². The average Bonchev–Trinajstić information content (AvgIpc) is 3.82. The lowest BCUT2D eigenvalue weighted by Crippen LogP contribution is -1.95. The summed E-state index contributed by atoms with van der Waals surface area (Å²) in [6, 6.07) is 33.4. The Balaban J connectivity index is 1.58. The van der Waals surface area contributed by atoms with E-state index >= 15 is 0 Å². The standard InChI is InChI=1S/C32H24N2/c1-2-7-21-18-29-27(17-20(21)6-1)30-28(33(29)22-10-11-22)16-15-26-25-14-9-19-5-3-4-8-24(19)31(25)34(32(26)30)23-12-13-23/h1-9,14-18,22-23H,10-13H2. The quantitative estimate of drug-likeness (QED) is 0.256. The van der Waals surface area contributed by atoms with Gasteiger partial charge in [-0.05, 0) is 60.0 Å². The molecule has 5 aromatic carbocycles. The van der Waals surface area contributed by atoms with Gasteiger partial charge in [-0.15, -0.1) is 0 Å². The summed E-state index contributed by atoms with van der Waals surface area (Å²) in [5.41, 5.74) is 5.69. The molecule has 0 radical (unpaired) electrons. The molecule has 34 heavy (non-hydrogen) atoms. The van der Waals surface area contributed by atoms with Gasteiger partial charge in [-0.1, -0.05) is 66.7 Å². The molecule has 2 fully saturated rings. The molecule has 162 valence electrons. The predicted octanol–water partition coefficient (Wildman–Crippen LogP) is 8.88. The van der Waals surface area contributed by atoms with Crippen LogP contribution in [0.25, 0.3) is 65.2 Å². The smallest absolute Gasteiger partial charge is 0.0595 e. The number of aromatic nitrogens is 2. The van der Waals surface area contributed by atoms with Crippen molar-refractivity contribution in [3.63, 3.8) is 0 Å². The van der Waals surface area contributed by atoms with Gasteiger partial charge in [-0.25, -0.2) is 0 Å². The summed E-state index contributed by atoms with van der Waals surface area (Å²) < 4.78 is 5.38. The first-order chi connectivity index (χ1) is 16.9. The Morgan fingerprint density at radius 2 is 1.12 bits per heavy atom. The zero-order chi connectivity index (χ0) is 22.0. The Morgan fingerprint density at radius 1 is 0.471 bits per heavy atom. The lowest BCUT2D eigenvalue weighted by Gasteiger charge is -2.09. The Kier molecular flexibility index (Phi) is 3.12. The lowest BCUT2D eigenvalue weighted by molar-refractivity contribution is 0.802. The number of rotatable bonds is 2. The number of hydrogen-bond acceptors (Lipinski definition) is 0. The Morgan fingerprint density at radius 3 is 1.91 bits per heavy atom. The molecule has 0 atom stereocenters. The van der Waals surface area contributed by atoms with E-state index in [9.17, 15) is 0 Å². The van der Waals surface area contributed by atoms with Gasteiger partial charge in [0.25, 0.3) is 0 Å². The van der Waals surface area contributed by atoms with E-state index in [1.165, 1.54) is 90.8 Å². The number of hydrogen-bond donors (Lipinski definition) is 0. The fourth-order valence-electron chi connectivity index (χ4n) is 6.54. The van der Waals surface area contributed by atoms with Crippen LogP contribution in [0, 0.1) is 0 Å². The predicted molar refractivity (Wildman–Crippen MR) is 144 cm³/mol. The minimum atomic E-state index is 0.608. The molecule has 2 aliphatic rings. The van der Waals surface area contributed by atoms with Gasteiger partial charge in [0.05, 0.1) is 22.1 Å². The molecule has 7 aromatic rings. The first kappa shape index (κ1) is 17.7. The van der Waals surface area contributed by atoms with Gasteiger partial charge in [0.1, 0.15) is 0 Å². The summed E-state index contributed by atoms with van der Waals surface area (Å²) >= 11 is 0. The van der Waals surface area contributed by atoms with Gasteiger partial charge in [-0.3, -0.25) is 0 Å². The monoisotopic (exact) mass is 436 g/mol. The highest BCUT2D eigenvalue weighted by atomic mass is 15.1. The van der Waals surface area contributed by atoms with Crippen LogP contribution in [0.5, 0.6) is 0 Å². The summed E-state index contributed by atoms with van der Waals surface area (Å²) in [4.78, 5) is 0. The van der Waals surface area contributed by atoms with Crippen LogP contribution in [-0.2, 0) is 0 Å². The third kappa shape index (κ3) is 2.17. The summed E-state index contributed by atoms with van der Waals surface area (Å²) in [5.74, 6) is 0. The number of benzene rings is 5. The third-order valence-corrected chi connectivity index (χ3v) is 8.30. The van der Waals surface area contributed by atoms with Crippen LogP contribution in [0.3, 0.4) is 0 Å². The van der Waals surface area contributed by atoms with E-state index in [1.54, 1.807) is 0 Å². The molecule has 2 heteroatoms. The topological polar surface area (TPSA) is 9.86 Å². The van der Waals surface area contributed by atoms with Crippen molar-refractivity contribution in [3.8, 4) is 0 Å². The second-order valence-electron chi connectivity index (χ2n) is 10.5. The van der Waals surface area contributed by atoms with Crippen molar-refractivity contribution < 1.29 is 0 Å². The molecule has 9 rings (SSSR count). The fraction of sp³-hybridized carbons (Fsp3) is 0.188. The van der Waals surface area contributed by atoms with Crippen LogP contribution in [0.15, 0.2) is 84.9 Å². The second kappa shape index (κ2) is 6.01. The van der Waals surface area contributed by atoms with Crippen LogP contribution in [-0.4, -0.2) is 9.13 Å². The van der Waals surface area contributed by atoms with Crippen LogP contribution >= 0.6 is 0 Å². The molecule has 0 amide bonds. The minimum Gasteiger partial charge on any atom is -0.337 e. The molecule has 0 unspecified atom stereocenters. The highest BCUT2D eigenvalue weighted by molar-refractivity contribution is 6.28. The Labute approximate surface area is 197 Å². The van der Waals surface area contributed by atoms with E-state index in [2.05, 4.69) is 94.1 Å². The van der Waals surface area contributed by atoms with Gasteiger partial charge in [0.15, 0.2) is 0 Å². The molecule has 0 saturated heterocycles. The largest absolute Gasteiger partial charge is 0.337 e. The van der Waals surface area contributed by atoms with Crippen molar-refractivity contribution in [2.24, 2.45) is 0 Å². The lowest BCUT2D eigenvalue weighted by atomic mass is 10.0. The first-order valence-electron chi connectivity index (χ1n) is 12.7. The van der Waals surface area contributed by atoms with E-state index in [0.717, 1.165) is 0 Å². The molecular formula is C32H24N2. The summed E-state index contributed by atoms with van der Waals surface area (Å²) in [5, 5.41) is 11.1. The SMILES string of the molecule is c1ccc2cc3c(cc2c1)c1c(ccc2c4ccc5ccccc5c4n(C4CC4)c21)n3C1CC1. The molecular weight excluding hydrogens is 412 g/mol. The van der Waals surface area contributed by atoms with Crippen molar-refractivity contribution in [2.75, 3.05) is 0 Å². The van der Waals surface area contributed by atoms with E-state index in [-0.39, 0.29) is 0 Å². The molecule has 2 heterocycles. The van der Waals surface area contributed by atoms with Crippen molar-refractivity contribution in [2.45, 2.75) is 37.8 Å². The molecule has 0 N–H and O–H groups in total. The highest BCUT2D eigenvalue weighted by Gasteiger charge is 2.32. The zero-order valence-electron chi connectivity index (χ0n) is 19.0. The maximum Gasteiger partial charge on any atom is 0.0595 e. The zero-order valence-corrected chi connectivity index (χ0v) is 19.0. The van der Waals surface area contributed by atoms with Gasteiger partial charge >= 0.3 is 0 Å². The van der Waals surface area contributed by atoms with E-state index in [1.807, 2.05) is 0 Å². The minimum absolute atomic E-state index is 0.608. The van der Waals surface area contributed by atoms with Crippen molar-refractivity contribution in [1.82, 2.24) is 9.13 Å². The Hall–Kier alpha value is -3.78. The highest BCUT2D eigenvalue weighted by Crippen LogP contribution is 2.50. The van der Waals surface area contributed by atoms with Gasteiger partial charge in [-0.2, -0.15) is 0 Å². The van der Waals surface area contributed by atoms with Crippen LogP contribution in [0.4, 0.5) is 0 Å². The summed E-state index contributed by atoms with van der Waals surface area (Å²) in [7, 11) is 0. The molecule has 2 saturated carbocycles. The number of nitrogens with zero attached hydrogens (tertiary/aromatic N) is 2. The second-order valence-corrected chi connectivity index (χ2v) is 10.5. The summed E-state index contributed by atoms with van der Waals surface area (Å²) in [6.07, 6.45) is 5.14. The summed E-state index contributed by atoms with van der Waals surface area (Å²) in [6.45, 7) is 0. The van der Waals surface area contributed by atoms with Crippen LogP contribution in [0.1, 0.15) is 37.8 Å². The first-order valence-corrected chi connectivity index (χ1v) is 12.7. The molecule has 0 aliphatic heterocycles. The fourth-order valence-corrected chi connectivity index (χ4v) is 6.54. The van der Waals surface area contributed by atoms with Crippen molar-refractivity contribution in [3.05, 3.63) is 84.9 Å². The Bertz CT molecular complexity index is 1980. The maximum absolute atomic E-state index is 2.72. The number of fused-ring (bicyclic) bond motifs is 10. The third-order valence-electron chi connectivity index (χ3n) is 8.30. The van der Waals surface area contributed by atoms with Crippen LogP contribution < -0.4 is 0 Å². The normalized spacial score (nSPS) is 16.7. The van der Waals surface area contributed by atoms with Gasteiger partial charge < -0.3 is 9.13 Å². The maximum atomic E-state index is 2.72. The van der Waals surface area contributed by atoms with Crippen molar-refractivity contribution >= 4 is 65.2 Å². The molecule has 2 aromatic heterocycles. The molecule has 0 bridgehead atoms. The molecule has 2 nitrogen and oxygen atoms in total. The van der Waals surface area contributed by atoms with E-state index in [0.29, 0.717) is 12.1 Å². The average molecular weight is 437 g/mol. The molecule has 0 spiro atoms. The van der Waals surface area contributed by atoms with Gasteiger partial charge in [0.2, 0.25) is 0 Å².